The number of aliphatic hydroxyl groups excluding tert-OH is 1. The molecule has 1 aliphatic carbocycles. The Kier molecular flexibility index (Phi) is 2.84. The highest BCUT2D eigenvalue weighted by Gasteiger charge is 2.26. The van der Waals surface area contributed by atoms with Gasteiger partial charge in [0.1, 0.15) is 0 Å². The lowest BCUT2D eigenvalue weighted by atomic mass is 10.0. The molecule has 0 amide bonds. The Morgan fingerprint density at radius 2 is 2.22 bits per heavy atom. The van der Waals surface area contributed by atoms with E-state index in [1.54, 1.807) is 6.33 Å². The number of nitrogens with one attached hydrogen (secondary N) is 1. The molecule has 0 radical (unpaired) electrons. The van der Waals surface area contributed by atoms with Crippen molar-refractivity contribution in [3.05, 3.63) is 30.1 Å². The molecule has 2 atom stereocenters. The molecule has 96 valence electrons. The summed E-state index contributed by atoms with van der Waals surface area (Å²) >= 11 is 0. The summed E-state index contributed by atoms with van der Waals surface area (Å²) in [7, 11) is 1.97. The lowest BCUT2D eigenvalue weighted by molar-refractivity contribution is 0.135. The monoisotopic (exact) mass is 245 g/mol. The Morgan fingerprint density at radius 3 is 2.94 bits per heavy atom. The van der Waals surface area contributed by atoms with Crippen LogP contribution in [-0.2, 0) is 7.05 Å². The van der Waals surface area contributed by atoms with Crippen molar-refractivity contribution in [1.29, 1.82) is 0 Å². The van der Waals surface area contributed by atoms with Crippen LogP contribution in [0.4, 0.5) is 0 Å². The van der Waals surface area contributed by atoms with E-state index in [0.29, 0.717) is 6.04 Å². The zero-order chi connectivity index (χ0) is 12.7. The summed E-state index contributed by atoms with van der Waals surface area (Å²) in [6.07, 6.45) is 3.79. The maximum atomic E-state index is 10.3. The van der Waals surface area contributed by atoms with E-state index in [0.717, 1.165) is 16.6 Å². The summed E-state index contributed by atoms with van der Waals surface area (Å²) in [5, 5.41) is 13.8. The highest BCUT2D eigenvalue weighted by molar-refractivity contribution is 5.76. The molecule has 18 heavy (non-hydrogen) atoms. The van der Waals surface area contributed by atoms with Crippen LogP contribution in [0.15, 0.2) is 24.5 Å². The quantitative estimate of drug-likeness (QED) is 0.862. The van der Waals surface area contributed by atoms with Crippen molar-refractivity contribution in [3.8, 4) is 0 Å². The van der Waals surface area contributed by atoms with Crippen LogP contribution in [-0.4, -0.2) is 26.7 Å². The van der Waals surface area contributed by atoms with E-state index in [-0.39, 0.29) is 6.04 Å². The first-order chi connectivity index (χ1) is 8.65. The van der Waals surface area contributed by atoms with Gasteiger partial charge in [-0.2, -0.15) is 0 Å². The second-order valence-electron chi connectivity index (χ2n) is 5.28. The molecule has 0 spiro atoms. The van der Waals surface area contributed by atoms with Gasteiger partial charge in [-0.1, -0.05) is 6.07 Å². The molecule has 1 fully saturated rings. The Hall–Kier alpha value is -1.39. The Bertz CT molecular complexity index is 559. The van der Waals surface area contributed by atoms with Crippen molar-refractivity contribution in [1.82, 2.24) is 14.9 Å². The third-order valence-electron chi connectivity index (χ3n) is 3.64. The number of rotatable bonds is 4. The van der Waals surface area contributed by atoms with E-state index in [1.165, 1.54) is 12.8 Å². The van der Waals surface area contributed by atoms with E-state index in [2.05, 4.69) is 10.3 Å². The molecule has 1 aliphatic rings. The predicted octanol–water partition coefficient (Wildman–Crippen LogP) is 1.75. The molecule has 4 nitrogen and oxygen atoms in total. The molecular weight excluding hydrogens is 226 g/mol. The molecule has 0 saturated heterocycles. The summed E-state index contributed by atoms with van der Waals surface area (Å²) in [5.41, 5.74) is 2.96. The van der Waals surface area contributed by atoms with Crippen LogP contribution in [0.1, 0.15) is 31.4 Å². The number of imidazole rings is 1. The number of fused-ring (bicyclic) bond motifs is 1. The Balaban J connectivity index is 1.83. The molecule has 2 unspecified atom stereocenters. The number of benzene rings is 1. The topological polar surface area (TPSA) is 50.1 Å². The van der Waals surface area contributed by atoms with E-state index < -0.39 is 6.10 Å². The highest BCUT2D eigenvalue weighted by Crippen LogP contribution is 2.25. The molecule has 1 aromatic heterocycles. The number of aliphatic hydroxyl groups is 1. The normalized spacial score (nSPS) is 19.1. The van der Waals surface area contributed by atoms with Crippen molar-refractivity contribution in [2.45, 2.75) is 38.0 Å². The van der Waals surface area contributed by atoms with Gasteiger partial charge >= 0.3 is 0 Å². The maximum Gasteiger partial charge on any atom is 0.0955 e. The van der Waals surface area contributed by atoms with Crippen LogP contribution in [0.5, 0.6) is 0 Å². The molecule has 2 aromatic rings. The zero-order valence-corrected chi connectivity index (χ0v) is 10.8. The van der Waals surface area contributed by atoms with Crippen LogP contribution >= 0.6 is 0 Å². The van der Waals surface area contributed by atoms with Gasteiger partial charge in [0, 0.05) is 19.1 Å². The maximum absolute atomic E-state index is 10.3. The van der Waals surface area contributed by atoms with Crippen molar-refractivity contribution < 1.29 is 5.11 Å². The highest BCUT2D eigenvalue weighted by atomic mass is 16.3. The van der Waals surface area contributed by atoms with E-state index in [9.17, 15) is 5.11 Å². The molecule has 0 aliphatic heterocycles. The van der Waals surface area contributed by atoms with Crippen molar-refractivity contribution >= 4 is 11.0 Å². The fraction of sp³-hybridized carbons (Fsp3) is 0.500. The van der Waals surface area contributed by atoms with Crippen molar-refractivity contribution in [2.24, 2.45) is 7.05 Å². The third kappa shape index (κ3) is 2.13. The van der Waals surface area contributed by atoms with Gasteiger partial charge in [0.25, 0.3) is 0 Å². The van der Waals surface area contributed by atoms with Gasteiger partial charge in [-0.05, 0) is 37.5 Å². The average Bonchev–Trinajstić information content (AvgIpc) is 3.11. The minimum atomic E-state index is -0.475. The smallest absolute Gasteiger partial charge is 0.0955 e. The molecule has 2 N–H and O–H groups in total. The Labute approximate surface area is 107 Å². The predicted molar refractivity (Wildman–Crippen MR) is 71.3 cm³/mol. The van der Waals surface area contributed by atoms with Gasteiger partial charge in [-0.15, -0.1) is 0 Å². The third-order valence-corrected chi connectivity index (χ3v) is 3.64. The van der Waals surface area contributed by atoms with Crippen molar-refractivity contribution in [3.63, 3.8) is 0 Å². The average molecular weight is 245 g/mol. The molecule has 4 heteroatoms. The van der Waals surface area contributed by atoms with E-state index in [1.807, 2.05) is 36.7 Å². The number of nitrogens with zero attached hydrogens (tertiary/aromatic N) is 2. The van der Waals surface area contributed by atoms with Gasteiger partial charge in [0.05, 0.1) is 23.5 Å². The second-order valence-corrected chi connectivity index (χ2v) is 5.28. The van der Waals surface area contributed by atoms with Gasteiger partial charge in [0.2, 0.25) is 0 Å². The van der Waals surface area contributed by atoms with Gasteiger partial charge < -0.3 is 15.0 Å². The van der Waals surface area contributed by atoms with Crippen molar-refractivity contribution in [2.75, 3.05) is 0 Å². The molecule has 1 saturated carbocycles. The number of aryl methyl sites for hydroxylation is 1. The van der Waals surface area contributed by atoms with E-state index in [4.69, 9.17) is 0 Å². The molecule has 1 aromatic carbocycles. The van der Waals surface area contributed by atoms with Gasteiger partial charge in [0.15, 0.2) is 0 Å². The minimum absolute atomic E-state index is 0.0821. The van der Waals surface area contributed by atoms with E-state index >= 15 is 0 Å². The minimum Gasteiger partial charge on any atom is -0.387 e. The fourth-order valence-electron chi connectivity index (χ4n) is 2.34. The molecule has 3 rings (SSSR count). The summed E-state index contributed by atoms with van der Waals surface area (Å²) in [6.45, 7) is 2.03. The second kappa shape index (κ2) is 4.37. The van der Waals surface area contributed by atoms with Crippen LogP contribution in [0.2, 0.25) is 0 Å². The first-order valence-corrected chi connectivity index (χ1v) is 6.50. The molecule has 1 heterocycles. The largest absolute Gasteiger partial charge is 0.387 e. The van der Waals surface area contributed by atoms with Crippen LogP contribution in [0.25, 0.3) is 11.0 Å². The summed E-state index contributed by atoms with van der Waals surface area (Å²) < 4.78 is 1.98. The number of aromatic nitrogens is 2. The molecular formula is C14H19N3O. The zero-order valence-electron chi connectivity index (χ0n) is 10.8. The van der Waals surface area contributed by atoms with Gasteiger partial charge in [-0.25, -0.2) is 4.98 Å². The summed E-state index contributed by atoms with van der Waals surface area (Å²) in [5.74, 6) is 0. The first-order valence-electron chi connectivity index (χ1n) is 6.50. The van der Waals surface area contributed by atoms with Crippen LogP contribution in [0, 0.1) is 0 Å². The lowest BCUT2D eigenvalue weighted by Gasteiger charge is -2.20. The fourth-order valence-corrected chi connectivity index (χ4v) is 2.34. The summed E-state index contributed by atoms with van der Waals surface area (Å²) in [4.78, 5) is 4.33. The Morgan fingerprint density at radius 1 is 1.44 bits per heavy atom. The standard InChI is InChI=1S/C14H19N3O/c1-9(16-11-4-5-11)14(18)10-3-6-13-12(7-10)15-8-17(13)2/h3,6-9,11,14,16,18H,4-5H2,1-2H3. The first kappa shape index (κ1) is 11.7. The number of hydrogen-bond acceptors (Lipinski definition) is 3. The lowest BCUT2D eigenvalue weighted by Crippen LogP contribution is -2.33. The SMILES string of the molecule is CC(NC1CC1)C(O)c1ccc2c(c1)ncn2C. The van der Waals surface area contributed by atoms with Gasteiger partial charge in [-0.3, -0.25) is 0 Å². The number of hydrogen-bond donors (Lipinski definition) is 2. The van der Waals surface area contributed by atoms with Crippen LogP contribution in [0.3, 0.4) is 0 Å². The summed E-state index contributed by atoms with van der Waals surface area (Å²) in [6, 6.07) is 6.67. The molecule has 0 bridgehead atoms. The van der Waals surface area contributed by atoms with Crippen LogP contribution < -0.4 is 5.32 Å².